The van der Waals surface area contributed by atoms with Gasteiger partial charge in [0, 0.05) is 12.6 Å². The van der Waals surface area contributed by atoms with Crippen LogP contribution in [0.15, 0.2) is 52.4 Å². The van der Waals surface area contributed by atoms with E-state index in [2.05, 4.69) is 17.2 Å². The topological polar surface area (TPSA) is 82.5 Å². The number of benzene rings is 2. The fourth-order valence-corrected chi connectivity index (χ4v) is 4.21. The van der Waals surface area contributed by atoms with Crippen LogP contribution in [0, 0.1) is 0 Å². The third-order valence-corrected chi connectivity index (χ3v) is 6.05. The highest BCUT2D eigenvalue weighted by atomic mass is 32.2. The van der Waals surface area contributed by atoms with Gasteiger partial charge >= 0.3 is 0 Å². The normalized spacial score (nSPS) is 10.8. The van der Waals surface area contributed by atoms with Crippen LogP contribution in [0.3, 0.4) is 0 Å². The van der Waals surface area contributed by atoms with Crippen LogP contribution < -0.4 is 20.3 Å². The lowest BCUT2D eigenvalue weighted by Gasteiger charge is -2.14. The van der Waals surface area contributed by atoms with Crippen molar-refractivity contribution < 1.29 is 14.3 Å². The summed E-state index contributed by atoms with van der Waals surface area (Å²) in [6, 6.07) is 12.5. The number of unbranched alkanes of at least 4 members (excludes halogenated alkanes) is 3. The van der Waals surface area contributed by atoms with E-state index in [0.29, 0.717) is 39.8 Å². The van der Waals surface area contributed by atoms with Crippen LogP contribution in [-0.4, -0.2) is 35.4 Å². The van der Waals surface area contributed by atoms with Crippen molar-refractivity contribution >= 4 is 34.3 Å². The number of carbonyl (C=O) groups is 1. The maximum absolute atomic E-state index is 13.1. The molecule has 0 aliphatic carbocycles. The van der Waals surface area contributed by atoms with E-state index in [1.807, 2.05) is 18.2 Å². The second-order valence-electron chi connectivity index (χ2n) is 7.33. The van der Waals surface area contributed by atoms with Crippen molar-refractivity contribution in [2.75, 3.05) is 25.3 Å². The molecule has 0 saturated heterocycles. The van der Waals surface area contributed by atoms with Crippen LogP contribution in [0.2, 0.25) is 0 Å². The van der Waals surface area contributed by atoms with Crippen LogP contribution in [0.1, 0.15) is 32.6 Å². The van der Waals surface area contributed by atoms with E-state index in [-0.39, 0.29) is 17.2 Å². The summed E-state index contributed by atoms with van der Waals surface area (Å²) in [7, 11) is 3.11. The van der Waals surface area contributed by atoms with Gasteiger partial charge in [0.05, 0.1) is 36.6 Å². The first-order valence-electron chi connectivity index (χ1n) is 10.7. The number of carbonyl (C=O) groups excluding carboxylic acids is 1. The molecule has 1 amide bonds. The molecule has 32 heavy (non-hydrogen) atoms. The highest BCUT2D eigenvalue weighted by Crippen LogP contribution is 2.29. The molecule has 170 valence electrons. The molecule has 1 N–H and O–H groups in total. The van der Waals surface area contributed by atoms with Gasteiger partial charge in [-0.25, -0.2) is 4.98 Å². The monoisotopic (exact) mass is 455 g/mol. The summed E-state index contributed by atoms with van der Waals surface area (Å²) in [5, 5.41) is 4.01. The molecule has 2 aromatic carbocycles. The van der Waals surface area contributed by atoms with E-state index in [0.717, 1.165) is 25.7 Å². The number of anilines is 1. The molecule has 0 unspecified atom stereocenters. The summed E-state index contributed by atoms with van der Waals surface area (Å²) >= 11 is 1.26. The van der Waals surface area contributed by atoms with E-state index >= 15 is 0 Å². The van der Waals surface area contributed by atoms with Crippen LogP contribution in [-0.2, 0) is 11.3 Å². The third kappa shape index (κ3) is 5.82. The third-order valence-electron chi connectivity index (χ3n) is 5.07. The Morgan fingerprint density at radius 1 is 1.09 bits per heavy atom. The largest absolute Gasteiger partial charge is 0.497 e. The Morgan fingerprint density at radius 3 is 2.66 bits per heavy atom. The number of fused-ring (bicyclic) bond motifs is 1. The zero-order chi connectivity index (χ0) is 22.9. The first kappa shape index (κ1) is 23.7. The quantitative estimate of drug-likeness (QED) is 0.256. The minimum Gasteiger partial charge on any atom is -0.497 e. The van der Waals surface area contributed by atoms with Gasteiger partial charge in [-0.3, -0.25) is 14.2 Å². The number of para-hydroxylation sites is 1. The summed E-state index contributed by atoms with van der Waals surface area (Å²) in [5.41, 5.74) is 1.10. The molecule has 0 saturated carbocycles. The molecule has 0 fully saturated rings. The Morgan fingerprint density at radius 2 is 1.91 bits per heavy atom. The van der Waals surface area contributed by atoms with Gasteiger partial charge in [0.25, 0.3) is 5.56 Å². The number of thioether (sulfide) groups is 1. The maximum Gasteiger partial charge on any atom is 0.262 e. The molecular weight excluding hydrogens is 426 g/mol. The van der Waals surface area contributed by atoms with Gasteiger partial charge in [0.2, 0.25) is 5.91 Å². The van der Waals surface area contributed by atoms with E-state index in [4.69, 9.17) is 9.47 Å². The van der Waals surface area contributed by atoms with E-state index in [9.17, 15) is 9.59 Å². The highest BCUT2D eigenvalue weighted by Gasteiger charge is 2.14. The number of nitrogens with one attached hydrogen (secondary N) is 1. The number of hydrogen-bond donors (Lipinski definition) is 1. The van der Waals surface area contributed by atoms with Gasteiger partial charge in [-0.2, -0.15) is 0 Å². The summed E-state index contributed by atoms with van der Waals surface area (Å²) in [6.45, 7) is 2.74. The van der Waals surface area contributed by atoms with Crippen LogP contribution in [0.5, 0.6) is 11.5 Å². The fourth-order valence-electron chi connectivity index (χ4n) is 3.38. The molecule has 1 aromatic heterocycles. The molecule has 1 heterocycles. The van der Waals surface area contributed by atoms with Crippen molar-refractivity contribution in [1.82, 2.24) is 9.55 Å². The maximum atomic E-state index is 13.1. The molecule has 0 atom stereocenters. The predicted molar refractivity (Wildman–Crippen MR) is 129 cm³/mol. The van der Waals surface area contributed by atoms with Crippen molar-refractivity contribution in [3.8, 4) is 11.5 Å². The van der Waals surface area contributed by atoms with E-state index < -0.39 is 0 Å². The number of amides is 1. The summed E-state index contributed by atoms with van der Waals surface area (Å²) < 4.78 is 12.2. The Hall–Kier alpha value is -3.00. The first-order valence-corrected chi connectivity index (χ1v) is 11.7. The standard InChI is InChI=1S/C24H29N3O4S/c1-4-5-6-9-14-27-23(29)18-10-7-8-11-19(18)26-24(27)32-16-22(28)25-20-15-17(30-2)12-13-21(20)31-3/h7-8,10-13,15H,4-6,9,14,16H2,1-3H3,(H,25,28). The SMILES string of the molecule is CCCCCCn1c(SCC(=O)Nc2cc(OC)ccc2OC)nc2ccccc2c1=O. The van der Waals surface area contributed by atoms with Gasteiger partial charge in [0.15, 0.2) is 5.16 Å². The predicted octanol–water partition coefficient (Wildman–Crippen LogP) is 4.72. The Balaban J connectivity index is 1.78. The number of ether oxygens (including phenoxy) is 2. The minimum atomic E-state index is -0.221. The number of hydrogen-bond acceptors (Lipinski definition) is 6. The zero-order valence-corrected chi connectivity index (χ0v) is 19.5. The van der Waals surface area contributed by atoms with Crippen molar-refractivity contribution in [1.29, 1.82) is 0 Å². The molecule has 3 rings (SSSR count). The molecule has 0 spiro atoms. The fraction of sp³-hybridized carbons (Fsp3) is 0.375. The van der Waals surface area contributed by atoms with Gasteiger partial charge in [-0.15, -0.1) is 0 Å². The lowest BCUT2D eigenvalue weighted by molar-refractivity contribution is -0.113. The van der Waals surface area contributed by atoms with Gasteiger partial charge in [0.1, 0.15) is 11.5 Å². The number of methoxy groups -OCH3 is 2. The average molecular weight is 456 g/mol. The van der Waals surface area contributed by atoms with E-state index in [1.54, 1.807) is 43.1 Å². The molecule has 7 nitrogen and oxygen atoms in total. The number of aromatic nitrogens is 2. The molecule has 0 radical (unpaired) electrons. The van der Waals surface area contributed by atoms with Crippen molar-refractivity contribution in [2.45, 2.75) is 44.3 Å². The lowest BCUT2D eigenvalue weighted by atomic mass is 10.2. The molecular formula is C24H29N3O4S. The zero-order valence-electron chi connectivity index (χ0n) is 18.7. The smallest absolute Gasteiger partial charge is 0.262 e. The Kier molecular flexibility index (Phi) is 8.56. The van der Waals surface area contributed by atoms with Crippen molar-refractivity contribution in [3.05, 3.63) is 52.8 Å². The number of nitrogens with zero attached hydrogens (tertiary/aromatic N) is 2. The van der Waals surface area contributed by atoms with Crippen LogP contribution in [0.25, 0.3) is 10.9 Å². The average Bonchev–Trinajstić information content (AvgIpc) is 2.81. The minimum absolute atomic E-state index is 0.0653. The van der Waals surface area contributed by atoms with Gasteiger partial charge < -0.3 is 14.8 Å². The second kappa shape index (κ2) is 11.6. The molecule has 3 aromatic rings. The lowest BCUT2D eigenvalue weighted by Crippen LogP contribution is -2.24. The van der Waals surface area contributed by atoms with E-state index in [1.165, 1.54) is 11.8 Å². The van der Waals surface area contributed by atoms with Crippen molar-refractivity contribution in [3.63, 3.8) is 0 Å². The molecule has 8 heteroatoms. The second-order valence-corrected chi connectivity index (χ2v) is 8.27. The molecule has 0 bridgehead atoms. The highest BCUT2D eigenvalue weighted by molar-refractivity contribution is 7.99. The van der Waals surface area contributed by atoms with Crippen LogP contribution >= 0.6 is 11.8 Å². The van der Waals surface area contributed by atoms with Gasteiger partial charge in [-0.05, 0) is 30.7 Å². The summed E-state index contributed by atoms with van der Waals surface area (Å²) in [6.07, 6.45) is 4.20. The summed E-state index contributed by atoms with van der Waals surface area (Å²) in [5.74, 6) is 1.05. The molecule has 0 aliphatic rings. The van der Waals surface area contributed by atoms with Crippen LogP contribution in [0.4, 0.5) is 5.69 Å². The van der Waals surface area contributed by atoms with Gasteiger partial charge in [-0.1, -0.05) is 50.1 Å². The number of rotatable bonds is 11. The van der Waals surface area contributed by atoms with Crippen molar-refractivity contribution in [2.24, 2.45) is 0 Å². The summed E-state index contributed by atoms with van der Waals surface area (Å²) in [4.78, 5) is 30.4. The Labute approximate surface area is 192 Å². The first-order chi connectivity index (χ1) is 15.6. The Bertz CT molecular complexity index is 1130. The molecule has 0 aliphatic heterocycles.